The molecule has 7 rings (SSSR count). The van der Waals surface area contributed by atoms with E-state index in [1.54, 1.807) is 12.4 Å². The van der Waals surface area contributed by atoms with E-state index >= 15 is 0 Å². The molecule has 170 valence electrons. The molecule has 0 fully saturated rings. The van der Waals surface area contributed by atoms with Crippen LogP contribution in [0.1, 0.15) is 0 Å². The molecule has 0 amide bonds. The minimum Gasteiger partial charge on any atom is -0.454 e. The first-order valence-corrected chi connectivity index (χ1v) is 11.9. The van der Waals surface area contributed by atoms with Gasteiger partial charge in [-0.25, -0.2) is 4.98 Å². The molecule has 4 aromatic carbocycles. The van der Waals surface area contributed by atoms with Crippen LogP contribution in [-0.4, -0.2) is 19.9 Å². The summed E-state index contributed by atoms with van der Waals surface area (Å²) in [5.41, 5.74) is 5.42. The number of hydrogen-bond acceptors (Lipinski definition) is 5. The molecule has 0 saturated carbocycles. The summed E-state index contributed by atoms with van der Waals surface area (Å²) in [6.45, 7) is 0. The van der Waals surface area contributed by atoms with Gasteiger partial charge in [-0.3, -0.25) is 4.98 Å². The van der Waals surface area contributed by atoms with Crippen LogP contribution in [0.5, 0.6) is 0 Å². The summed E-state index contributed by atoms with van der Waals surface area (Å²) in [6.07, 6.45) is 3.45. The van der Waals surface area contributed by atoms with Crippen molar-refractivity contribution in [3.8, 4) is 33.9 Å². The second kappa shape index (κ2) is 8.26. The van der Waals surface area contributed by atoms with Crippen molar-refractivity contribution in [1.82, 2.24) is 19.9 Å². The van der Waals surface area contributed by atoms with Crippen LogP contribution in [0.3, 0.4) is 0 Å². The Morgan fingerprint density at radius 3 is 2.17 bits per heavy atom. The van der Waals surface area contributed by atoms with Crippen molar-refractivity contribution < 1.29 is 4.42 Å². The lowest BCUT2D eigenvalue weighted by molar-refractivity contribution is 0.667. The van der Waals surface area contributed by atoms with Crippen LogP contribution in [0.2, 0.25) is 5.28 Å². The quantitative estimate of drug-likeness (QED) is 0.254. The third kappa shape index (κ3) is 3.49. The van der Waals surface area contributed by atoms with Gasteiger partial charge in [0.05, 0.1) is 6.20 Å². The standard InChI is InChI=1S/C30H17ClN4O/c31-30-34-28(22-13-12-20-14-19(10-11-21(20)15-22)18-6-2-1-3-7-18)33-29(35-30)24-16-32-17-26-27(24)23-8-4-5-9-25(23)36-26/h1-17H. The molecule has 0 N–H and O–H groups in total. The zero-order chi connectivity index (χ0) is 24.1. The number of pyridine rings is 1. The topological polar surface area (TPSA) is 64.7 Å². The first-order chi connectivity index (χ1) is 17.7. The highest BCUT2D eigenvalue weighted by atomic mass is 35.5. The van der Waals surface area contributed by atoms with Crippen LogP contribution in [0.15, 0.2) is 108 Å². The van der Waals surface area contributed by atoms with Crippen molar-refractivity contribution in [2.45, 2.75) is 0 Å². The van der Waals surface area contributed by atoms with Gasteiger partial charge in [0.15, 0.2) is 17.2 Å². The molecule has 0 bridgehead atoms. The molecule has 6 heteroatoms. The predicted octanol–water partition coefficient (Wildman–Crippen LogP) is 7.97. The fraction of sp³-hybridized carbons (Fsp3) is 0. The number of aromatic nitrogens is 4. The van der Waals surface area contributed by atoms with Gasteiger partial charge in [0.1, 0.15) is 5.58 Å². The lowest BCUT2D eigenvalue weighted by Crippen LogP contribution is -1.98. The zero-order valence-corrected chi connectivity index (χ0v) is 19.6. The number of halogens is 1. The average molecular weight is 485 g/mol. The number of hydrogen-bond donors (Lipinski definition) is 0. The second-order valence-electron chi connectivity index (χ2n) is 8.55. The van der Waals surface area contributed by atoms with E-state index in [2.05, 4.69) is 57.4 Å². The summed E-state index contributed by atoms with van der Waals surface area (Å²) >= 11 is 6.39. The largest absolute Gasteiger partial charge is 0.454 e. The number of para-hydroxylation sites is 1. The zero-order valence-electron chi connectivity index (χ0n) is 18.9. The molecule has 3 aromatic heterocycles. The van der Waals surface area contributed by atoms with Gasteiger partial charge in [0.2, 0.25) is 5.28 Å². The molecule has 0 aliphatic carbocycles. The molecule has 0 unspecified atom stereocenters. The minimum atomic E-state index is 0.124. The maximum Gasteiger partial charge on any atom is 0.226 e. The van der Waals surface area contributed by atoms with Gasteiger partial charge in [-0.05, 0) is 51.7 Å². The third-order valence-corrected chi connectivity index (χ3v) is 6.51. The molecule has 0 atom stereocenters. The van der Waals surface area contributed by atoms with Crippen LogP contribution < -0.4 is 0 Å². The summed E-state index contributed by atoms with van der Waals surface area (Å²) in [7, 11) is 0. The molecule has 0 radical (unpaired) electrons. The Kier molecular flexibility index (Phi) is 4.76. The normalized spacial score (nSPS) is 11.5. The lowest BCUT2D eigenvalue weighted by Gasteiger charge is -2.08. The van der Waals surface area contributed by atoms with Crippen molar-refractivity contribution in [1.29, 1.82) is 0 Å². The summed E-state index contributed by atoms with van der Waals surface area (Å²) in [5, 5.41) is 4.23. The molecule has 36 heavy (non-hydrogen) atoms. The first kappa shape index (κ1) is 20.7. The molecule has 0 saturated heterocycles. The Bertz CT molecular complexity index is 1910. The van der Waals surface area contributed by atoms with E-state index in [-0.39, 0.29) is 5.28 Å². The minimum absolute atomic E-state index is 0.124. The van der Waals surface area contributed by atoms with Crippen molar-refractivity contribution in [2.24, 2.45) is 0 Å². The van der Waals surface area contributed by atoms with E-state index < -0.39 is 0 Å². The average Bonchev–Trinajstić information content (AvgIpc) is 3.31. The van der Waals surface area contributed by atoms with Gasteiger partial charge in [-0.2, -0.15) is 9.97 Å². The molecule has 0 aliphatic rings. The Hall–Kier alpha value is -4.61. The molecular weight excluding hydrogens is 468 g/mol. The van der Waals surface area contributed by atoms with Crippen LogP contribution in [0, 0.1) is 0 Å². The van der Waals surface area contributed by atoms with Crippen molar-refractivity contribution in [3.63, 3.8) is 0 Å². The van der Waals surface area contributed by atoms with Gasteiger partial charge in [-0.15, -0.1) is 0 Å². The number of rotatable bonds is 3. The number of fused-ring (bicyclic) bond motifs is 4. The fourth-order valence-corrected chi connectivity index (χ4v) is 4.80. The van der Waals surface area contributed by atoms with Gasteiger partial charge >= 0.3 is 0 Å². The maximum atomic E-state index is 6.39. The lowest BCUT2D eigenvalue weighted by atomic mass is 10.00. The number of furan rings is 1. The highest BCUT2D eigenvalue weighted by Crippen LogP contribution is 2.35. The van der Waals surface area contributed by atoms with Gasteiger partial charge in [-0.1, -0.05) is 72.8 Å². The summed E-state index contributed by atoms with van der Waals surface area (Å²) in [6, 6.07) is 30.8. The Morgan fingerprint density at radius 2 is 1.31 bits per heavy atom. The fourth-order valence-electron chi connectivity index (χ4n) is 4.64. The smallest absolute Gasteiger partial charge is 0.226 e. The van der Waals surface area contributed by atoms with Crippen LogP contribution in [0.4, 0.5) is 0 Å². The van der Waals surface area contributed by atoms with E-state index in [0.29, 0.717) is 17.2 Å². The Morgan fingerprint density at radius 1 is 0.583 bits per heavy atom. The van der Waals surface area contributed by atoms with Crippen molar-refractivity contribution in [3.05, 3.63) is 109 Å². The summed E-state index contributed by atoms with van der Waals surface area (Å²) in [5.74, 6) is 0.956. The Balaban J connectivity index is 1.35. The van der Waals surface area contributed by atoms with Gasteiger partial charge < -0.3 is 4.42 Å². The summed E-state index contributed by atoms with van der Waals surface area (Å²) < 4.78 is 5.98. The molecule has 0 spiro atoms. The number of benzene rings is 4. The predicted molar refractivity (Wildman–Crippen MR) is 144 cm³/mol. The van der Waals surface area contributed by atoms with E-state index in [1.165, 1.54) is 11.1 Å². The SMILES string of the molecule is Clc1nc(-c2ccc3cc(-c4ccccc4)ccc3c2)nc(-c2cncc3oc4ccccc4c23)n1. The molecule has 3 heterocycles. The van der Waals surface area contributed by atoms with Crippen molar-refractivity contribution >= 4 is 44.3 Å². The van der Waals surface area contributed by atoms with E-state index in [0.717, 1.165) is 38.3 Å². The Labute approximate surface area is 211 Å². The molecule has 7 aromatic rings. The molecule has 0 aliphatic heterocycles. The first-order valence-electron chi connectivity index (χ1n) is 11.5. The number of nitrogens with zero attached hydrogens (tertiary/aromatic N) is 4. The molecular formula is C30H17ClN4O. The maximum absolute atomic E-state index is 6.39. The highest BCUT2D eigenvalue weighted by molar-refractivity contribution is 6.28. The monoisotopic (exact) mass is 484 g/mol. The van der Waals surface area contributed by atoms with Gasteiger partial charge in [0.25, 0.3) is 0 Å². The van der Waals surface area contributed by atoms with E-state index in [9.17, 15) is 0 Å². The van der Waals surface area contributed by atoms with Crippen LogP contribution in [-0.2, 0) is 0 Å². The van der Waals surface area contributed by atoms with Gasteiger partial charge in [0, 0.05) is 28.1 Å². The second-order valence-corrected chi connectivity index (χ2v) is 8.89. The third-order valence-electron chi connectivity index (χ3n) is 6.34. The molecule has 5 nitrogen and oxygen atoms in total. The van der Waals surface area contributed by atoms with Crippen molar-refractivity contribution in [2.75, 3.05) is 0 Å². The highest BCUT2D eigenvalue weighted by Gasteiger charge is 2.17. The van der Waals surface area contributed by atoms with E-state index in [1.807, 2.05) is 48.5 Å². The van der Waals surface area contributed by atoms with E-state index in [4.69, 9.17) is 21.0 Å². The van der Waals surface area contributed by atoms with Crippen LogP contribution in [0.25, 0.3) is 66.6 Å². The summed E-state index contributed by atoms with van der Waals surface area (Å²) in [4.78, 5) is 18.0. The van der Waals surface area contributed by atoms with Crippen LogP contribution >= 0.6 is 11.6 Å².